The summed E-state index contributed by atoms with van der Waals surface area (Å²) in [5, 5.41) is 0. The zero-order valence-electron chi connectivity index (χ0n) is 36.1. The second-order valence-electron chi connectivity index (χ2n) is 18.7. The van der Waals surface area contributed by atoms with Crippen LogP contribution in [-0.2, 0) is 25.9 Å². The Morgan fingerprint density at radius 1 is 0.453 bits per heavy atom. The molecule has 16 heteroatoms. The molecule has 2 atom stereocenters. The molecule has 64 heavy (non-hydrogen) atoms. The van der Waals surface area contributed by atoms with Crippen molar-refractivity contribution in [1.82, 2.24) is 68.9 Å². The van der Waals surface area contributed by atoms with E-state index in [1.54, 1.807) is 0 Å². The summed E-state index contributed by atoms with van der Waals surface area (Å²) in [5.41, 5.74) is 7.84. The molecule has 2 saturated carbocycles. The van der Waals surface area contributed by atoms with Gasteiger partial charge >= 0.3 is 0 Å². The molecule has 12 heterocycles. The highest BCUT2D eigenvalue weighted by molar-refractivity contribution is 5.78. The maximum absolute atomic E-state index is 4.92. The molecular weight excluding hydrogens is 801 g/mol. The van der Waals surface area contributed by atoms with Gasteiger partial charge in [-0.2, -0.15) is 0 Å². The third kappa shape index (κ3) is 7.16. The number of anilines is 2. The first-order valence-corrected chi connectivity index (χ1v) is 23.6. The number of piperidine rings is 2. The summed E-state index contributed by atoms with van der Waals surface area (Å²) in [6, 6.07) is 12.2. The predicted octanol–water partition coefficient (Wildman–Crippen LogP) is 7.64. The normalized spacial score (nSPS) is 20.8. The standard InChI is InChI=1S/2C24H26N8/c2*1-3-16(24-26-13-17-4-2-12-32(17)24)14-31(11-1)20-8-7-18-23(29-20)30-22(28-18)19-9-10-25-21(27-19)15-5-6-15/h2*7-10,13,15-16H,1-6,11-12,14H2,(H,28,29,30)/t2*16-/m10/s1. The highest BCUT2D eigenvalue weighted by Gasteiger charge is 2.31. The van der Waals surface area contributed by atoms with Crippen LogP contribution in [0.1, 0.15) is 123 Å². The summed E-state index contributed by atoms with van der Waals surface area (Å²) in [4.78, 5) is 58.8. The number of nitrogens with one attached hydrogen (secondary N) is 2. The fourth-order valence-corrected chi connectivity index (χ4v) is 10.5. The van der Waals surface area contributed by atoms with Gasteiger partial charge in [0.25, 0.3) is 0 Å². The minimum absolute atomic E-state index is 0.463. The Labute approximate surface area is 370 Å². The molecule has 8 aromatic rings. The Bertz CT molecular complexity index is 2800. The van der Waals surface area contributed by atoms with Gasteiger partial charge in [-0.1, -0.05) is 0 Å². The molecule has 0 bridgehead atoms. The average molecular weight is 853 g/mol. The maximum Gasteiger partial charge on any atom is 0.180 e. The van der Waals surface area contributed by atoms with Crippen LogP contribution >= 0.6 is 0 Å². The van der Waals surface area contributed by atoms with E-state index in [9.17, 15) is 0 Å². The van der Waals surface area contributed by atoms with Gasteiger partial charge in [0.2, 0.25) is 0 Å². The minimum atomic E-state index is 0.463. The molecule has 8 aromatic heterocycles. The van der Waals surface area contributed by atoms with Gasteiger partial charge < -0.3 is 28.9 Å². The molecule has 0 spiro atoms. The third-order valence-corrected chi connectivity index (χ3v) is 14.2. The maximum atomic E-state index is 4.92. The van der Waals surface area contributed by atoms with Gasteiger partial charge in [-0.3, -0.25) is 0 Å². The first-order chi connectivity index (χ1) is 31.6. The van der Waals surface area contributed by atoms with Crippen LogP contribution in [0.5, 0.6) is 0 Å². The molecule has 324 valence electrons. The number of imidazole rings is 4. The summed E-state index contributed by atoms with van der Waals surface area (Å²) in [6.45, 7) is 6.21. The van der Waals surface area contributed by atoms with Crippen molar-refractivity contribution >= 4 is 34.0 Å². The number of rotatable bonds is 8. The van der Waals surface area contributed by atoms with E-state index < -0.39 is 0 Å². The second kappa shape index (κ2) is 15.6. The van der Waals surface area contributed by atoms with Crippen molar-refractivity contribution in [2.75, 3.05) is 36.0 Å². The number of aromatic amines is 2. The lowest BCUT2D eigenvalue weighted by molar-refractivity contribution is 0.472. The number of pyridine rings is 2. The number of H-pyrrole nitrogens is 2. The number of hydrogen-bond donors (Lipinski definition) is 2. The summed E-state index contributed by atoms with van der Waals surface area (Å²) in [5.74, 6) is 9.87. The van der Waals surface area contributed by atoms with Crippen LogP contribution in [0.3, 0.4) is 0 Å². The summed E-state index contributed by atoms with van der Waals surface area (Å²) >= 11 is 0. The number of hydrogen-bond acceptors (Lipinski definition) is 12. The molecule has 0 unspecified atom stereocenters. The van der Waals surface area contributed by atoms with Crippen LogP contribution in [0.2, 0.25) is 0 Å². The largest absolute Gasteiger partial charge is 0.356 e. The first-order valence-electron chi connectivity index (χ1n) is 23.6. The van der Waals surface area contributed by atoms with Crippen LogP contribution in [0.4, 0.5) is 11.6 Å². The van der Waals surface area contributed by atoms with Crippen LogP contribution < -0.4 is 9.80 Å². The lowest BCUT2D eigenvalue weighted by Crippen LogP contribution is -2.35. The van der Waals surface area contributed by atoms with Crippen molar-refractivity contribution in [2.45, 2.75) is 114 Å². The molecule has 2 saturated heterocycles. The van der Waals surface area contributed by atoms with Gasteiger partial charge in [0.05, 0.1) is 11.0 Å². The zero-order chi connectivity index (χ0) is 42.1. The summed E-state index contributed by atoms with van der Waals surface area (Å²) in [7, 11) is 0. The molecule has 16 nitrogen and oxygen atoms in total. The van der Waals surface area contributed by atoms with E-state index in [0.717, 1.165) is 134 Å². The molecule has 4 fully saturated rings. The van der Waals surface area contributed by atoms with Crippen molar-refractivity contribution in [2.24, 2.45) is 0 Å². The average Bonchev–Trinajstić information content (AvgIpc) is 3.92. The zero-order valence-corrected chi connectivity index (χ0v) is 36.1. The quantitative estimate of drug-likeness (QED) is 0.153. The summed E-state index contributed by atoms with van der Waals surface area (Å²) < 4.78 is 4.89. The van der Waals surface area contributed by atoms with E-state index in [-0.39, 0.29) is 0 Å². The number of fused-ring (bicyclic) bond motifs is 4. The van der Waals surface area contributed by atoms with Crippen LogP contribution in [0, 0.1) is 0 Å². The lowest BCUT2D eigenvalue weighted by Gasteiger charge is -2.33. The van der Waals surface area contributed by atoms with Crippen LogP contribution in [0.25, 0.3) is 45.4 Å². The van der Waals surface area contributed by atoms with Gasteiger partial charge in [0, 0.05) is 99.1 Å². The van der Waals surface area contributed by atoms with Crippen molar-refractivity contribution in [1.29, 1.82) is 0 Å². The van der Waals surface area contributed by atoms with Gasteiger partial charge in [0.15, 0.2) is 22.9 Å². The molecular formula is C48H52N16. The molecule has 0 radical (unpaired) electrons. The fraction of sp³-hybridized carbons (Fsp3) is 0.458. The minimum Gasteiger partial charge on any atom is -0.356 e. The second-order valence-corrected chi connectivity index (χ2v) is 18.7. The topological polar surface area (TPSA) is 177 Å². The van der Waals surface area contributed by atoms with Crippen molar-refractivity contribution < 1.29 is 0 Å². The van der Waals surface area contributed by atoms with E-state index in [1.807, 2.05) is 24.5 Å². The number of aryl methyl sites for hydroxylation is 2. The number of nitrogens with zero attached hydrogens (tertiary/aromatic N) is 14. The SMILES string of the molecule is c1cc(-c2nc3nc(N4CCC[C@@H](c5ncc6n5CCC6)C4)ccc3[nH]2)nc(C2CC2)n1.c1cc(-c2nc3nc(N4CCC[C@H](c5ncc6n5CCC6)C4)ccc3[nH]2)nc(C2CC2)n1. The molecule has 2 aliphatic carbocycles. The Balaban J connectivity index is 0.000000129. The Hall–Kier alpha value is -6.58. The first kappa shape index (κ1) is 37.9. The van der Waals surface area contributed by atoms with E-state index in [0.29, 0.717) is 23.7 Å². The van der Waals surface area contributed by atoms with E-state index in [2.05, 4.69) is 75.5 Å². The Morgan fingerprint density at radius 2 is 0.938 bits per heavy atom. The van der Waals surface area contributed by atoms with Gasteiger partial charge in [-0.05, 0) is 113 Å². The van der Waals surface area contributed by atoms with Crippen molar-refractivity contribution in [3.8, 4) is 23.0 Å². The lowest BCUT2D eigenvalue weighted by atomic mass is 9.97. The predicted molar refractivity (Wildman–Crippen MR) is 243 cm³/mol. The molecule has 6 aliphatic rings. The molecule has 2 N–H and O–H groups in total. The molecule has 0 aromatic carbocycles. The fourth-order valence-electron chi connectivity index (χ4n) is 10.5. The molecule has 14 rings (SSSR count). The van der Waals surface area contributed by atoms with Gasteiger partial charge in [0.1, 0.15) is 46.3 Å². The Morgan fingerprint density at radius 3 is 1.41 bits per heavy atom. The Kier molecular flexibility index (Phi) is 9.24. The third-order valence-electron chi connectivity index (χ3n) is 14.2. The van der Waals surface area contributed by atoms with Crippen LogP contribution in [-0.4, -0.2) is 95.1 Å². The van der Waals surface area contributed by atoms with Crippen molar-refractivity contribution in [3.05, 3.63) is 95.9 Å². The van der Waals surface area contributed by atoms with Crippen LogP contribution in [0.15, 0.2) is 61.2 Å². The van der Waals surface area contributed by atoms with Gasteiger partial charge in [-0.25, -0.2) is 49.8 Å². The number of aromatic nitrogens is 14. The van der Waals surface area contributed by atoms with E-state index in [4.69, 9.17) is 39.9 Å². The van der Waals surface area contributed by atoms with Crippen molar-refractivity contribution in [3.63, 3.8) is 0 Å². The summed E-state index contributed by atoms with van der Waals surface area (Å²) in [6.07, 6.45) is 22.1. The molecule has 0 amide bonds. The molecule has 4 aliphatic heterocycles. The monoisotopic (exact) mass is 852 g/mol. The van der Waals surface area contributed by atoms with E-state index >= 15 is 0 Å². The van der Waals surface area contributed by atoms with E-state index in [1.165, 1.54) is 74.4 Å². The highest BCUT2D eigenvalue weighted by atomic mass is 15.2. The smallest absolute Gasteiger partial charge is 0.180 e. The van der Waals surface area contributed by atoms with Gasteiger partial charge in [-0.15, -0.1) is 0 Å². The highest BCUT2D eigenvalue weighted by Crippen LogP contribution is 2.40.